The molecule has 4 aromatic rings. The summed E-state index contributed by atoms with van der Waals surface area (Å²) in [5.74, 6) is 1.87. The van der Waals surface area contributed by atoms with E-state index in [2.05, 4.69) is 26.0 Å². The van der Waals surface area contributed by atoms with Gasteiger partial charge in [-0.3, -0.25) is 0 Å². The Hall–Kier alpha value is -4.38. The minimum absolute atomic E-state index is 0.0262. The SMILES string of the molecule is CC1CCC2(CC1)c1ccc(OC(=O)c3ccccc3)cc1C[C@]1(c3ccc(OC(=O)c4ccccc4)cc3O)CC[C@H](C)C[C@@H]21. The van der Waals surface area contributed by atoms with Gasteiger partial charge in [-0.2, -0.15) is 0 Å². The molecule has 0 heterocycles. The molecule has 7 rings (SSSR count). The predicted molar refractivity (Wildman–Crippen MR) is 179 cm³/mol. The maximum atomic E-state index is 13.0. The zero-order valence-electron chi connectivity index (χ0n) is 26.7. The van der Waals surface area contributed by atoms with Crippen LogP contribution in [0.5, 0.6) is 17.2 Å². The molecule has 236 valence electrons. The summed E-state index contributed by atoms with van der Waals surface area (Å²) in [4.78, 5) is 25.8. The predicted octanol–water partition coefficient (Wildman–Crippen LogP) is 9.21. The second-order valence-electron chi connectivity index (χ2n) is 14.1. The number of carbonyl (C=O) groups is 2. The van der Waals surface area contributed by atoms with Gasteiger partial charge in [-0.05, 0) is 128 Å². The highest BCUT2D eigenvalue weighted by Crippen LogP contribution is 2.64. The number of carbonyl (C=O) groups excluding carboxylic acids is 2. The van der Waals surface area contributed by atoms with E-state index in [0.29, 0.717) is 40.4 Å². The number of phenols is 1. The zero-order chi connectivity index (χ0) is 31.9. The molecule has 0 aliphatic heterocycles. The molecule has 5 nitrogen and oxygen atoms in total. The summed E-state index contributed by atoms with van der Waals surface area (Å²) >= 11 is 0. The van der Waals surface area contributed by atoms with Crippen molar-refractivity contribution < 1.29 is 24.2 Å². The molecule has 2 saturated carbocycles. The molecule has 1 N–H and O–H groups in total. The average molecular weight is 615 g/mol. The Balaban J connectivity index is 1.29. The molecule has 0 unspecified atom stereocenters. The fourth-order valence-electron chi connectivity index (χ4n) is 8.97. The normalized spacial score (nSPS) is 26.9. The van der Waals surface area contributed by atoms with Crippen molar-refractivity contribution in [3.63, 3.8) is 0 Å². The Labute approximate surface area is 271 Å². The maximum absolute atomic E-state index is 13.0. The van der Waals surface area contributed by atoms with Crippen LogP contribution in [0.25, 0.3) is 0 Å². The first-order valence-electron chi connectivity index (χ1n) is 16.8. The molecule has 5 heteroatoms. The van der Waals surface area contributed by atoms with Gasteiger partial charge in [0.2, 0.25) is 0 Å². The van der Waals surface area contributed by atoms with E-state index in [1.54, 1.807) is 42.5 Å². The van der Waals surface area contributed by atoms with Crippen LogP contribution in [-0.4, -0.2) is 17.0 Å². The molecule has 0 radical (unpaired) electrons. The number of benzene rings is 4. The average Bonchev–Trinajstić information content (AvgIpc) is 3.07. The first-order chi connectivity index (χ1) is 22.3. The Morgan fingerprint density at radius 3 is 1.76 bits per heavy atom. The highest BCUT2D eigenvalue weighted by molar-refractivity contribution is 5.91. The second kappa shape index (κ2) is 12.1. The lowest BCUT2D eigenvalue weighted by molar-refractivity contribution is 0.0203. The van der Waals surface area contributed by atoms with Crippen molar-refractivity contribution in [1.29, 1.82) is 0 Å². The van der Waals surface area contributed by atoms with Crippen molar-refractivity contribution in [3.8, 4) is 17.2 Å². The molecule has 46 heavy (non-hydrogen) atoms. The quantitative estimate of drug-likeness (QED) is 0.179. The van der Waals surface area contributed by atoms with Gasteiger partial charge >= 0.3 is 11.9 Å². The van der Waals surface area contributed by atoms with Crippen LogP contribution in [0.4, 0.5) is 0 Å². The summed E-state index contributed by atoms with van der Waals surface area (Å²) in [6, 6.07) is 29.7. The summed E-state index contributed by atoms with van der Waals surface area (Å²) < 4.78 is 11.6. The van der Waals surface area contributed by atoms with Crippen LogP contribution < -0.4 is 9.47 Å². The Morgan fingerprint density at radius 1 is 0.652 bits per heavy atom. The van der Waals surface area contributed by atoms with E-state index in [4.69, 9.17) is 9.47 Å². The second-order valence-corrected chi connectivity index (χ2v) is 14.1. The molecule has 4 aromatic carbocycles. The summed E-state index contributed by atoms with van der Waals surface area (Å²) in [5.41, 5.74) is 4.19. The van der Waals surface area contributed by atoms with Crippen molar-refractivity contribution in [1.82, 2.24) is 0 Å². The van der Waals surface area contributed by atoms with Crippen molar-refractivity contribution in [2.75, 3.05) is 0 Å². The summed E-state index contributed by atoms with van der Waals surface area (Å²) in [6.45, 7) is 4.73. The molecular formula is C41H42O5. The van der Waals surface area contributed by atoms with E-state index in [-0.39, 0.29) is 22.5 Å². The third kappa shape index (κ3) is 5.40. The van der Waals surface area contributed by atoms with Gasteiger partial charge < -0.3 is 14.6 Å². The van der Waals surface area contributed by atoms with E-state index in [0.717, 1.165) is 44.1 Å². The number of hydrogen-bond acceptors (Lipinski definition) is 5. The Bertz CT molecular complexity index is 1740. The van der Waals surface area contributed by atoms with Crippen LogP contribution in [0.15, 0.2) is 97.1 Å². The maximum Gasteiger partial charge on any atom is 0.343 e. The van der Waals surface area contributed by atoms with Gasteiger partial charge in [0.1, 0.15) is 17.2 Å². The van der Waals surface area contributed by atoms with Gasteiger partial charge in [0.15, 0.2) is 0 Å². The molecule has 0 saturated heterocycles. The van der Waals surface area contributed by atoms with Crippen LogP contribution in [0.2, 0.25) is 0 Å². The van der Waals surface area contributed by atoms with Gasteiger partial charge in [0.25, 0.3) is 0 Å². The van der Waals surface area contributed by atoms with Crippen LogP contribution in [0.1, 0.15) is 96.2 Å². The first-order valence-corrected chi connectivity index (χ1v) is 16.8. The lowest BCUT2D eigenvalue weighted by Crippen LogP contribution is -2.57. The lowest BCUT2D eigenvalue weighted by atomic mass is 9.43. The van der Waals surface area contributed by atoms with E-state index in [1.807, 2.05) is 42.5 Å². The molecule has 3 atom stereocenters. The van der Waals surface area contributed by atoms with Crippen molar-refractivity contribution in [2.24, 2.45) is 17.8 Å². The van der Waals surface area contributed by atoms with E-state index in [9.17, 15) is 14.7 Å². The van der Waals surface area contributed by atoms with E-state index < -0.39 is 5.97 Å². The fraction of sp³-hybridized carbons (Fsp3) is 0.366. The number of aromatic hydroxyl groups is 1. The zero-order valence-corrected chi connectivity index (χ0v) is 26.7. The molecule has 0 amide bonds. The van der Waals surface area contributed by atoms with Crippen molar-refractivity contribution in [2.45, 2.75) is 76.0 Å². The number of esters is 2. The van der Waals surface area contributed by atoms with Gasteiger partial charge in [-0.15, -0.1) is 0 Å². The van der Waals surface area contributed by atoms with Crippen LogP contribution >= 0.6 is 0 Å². The Morgan fingerprint density at radius 2 is 1.17 bits per heavy atom. The fourth-order valence-corrected chi connectivity index (χ4v) is 8.97. The number of phenolic OH excluding ortho intramolecular Hbond substituents is 1. The largest absolute Gasteiger partial charge is 0.508 e. The smallest absolute Gasteiger partial charge is 0.343 e. The monoisotopic (exact) mass is 614 g/mol. The number of ether oxygens (including phenoxy) is 2. The molecule has 2 fully saturated rings. The van der Waals surface area contributed by atoms with E-state index >= 15 is 0 Å². The molecule has 0 aromatic heterocycles. The van der Waals surface area contributed by atoms with Crippen LogP contribution in [-0.2, 0) is 17.3 Å². The standard InChI is InChI=1S/C41H42O5/c1-27-17-20-40(21-18-27)34-15-13-32(45-38(43)29-9-5-3-6-10-29)24-31(34)26-41(22-19-28(2)23-37(40)41)35-16-14-33(25-36(35)42)46-39(44)30-11-7-4-8-12-30/h3-16,24-25,27-28,37,42H,17-23,26H2,1-2H3/t27?,28-,37-,40?,41-/m0/s1. The minimum atomic E-state index is -0.449. The van der Waals surface area contributed by atoms with Crippen LogP contribution in [0, 0.1) is 17.8 Å². The number of fused-ring (bicyclic) bond motifs is 4. The minimum Gasteiger partial charge on any atom is -0.508 e. The first kappa shape index (κ1) is 30.3. The van der Waals surface area contributed by atoms with E-state index in [1.165, 1.54) is 24.0 Å². The number of hydrogen-bond donors (Lipinski definition) is 1. The summed E-state index contributed by atoms with van der Waals surface area (Å²) in [5, 5.41) is 11.7. The van der Waals surface area contributed by atoms with Crippen LogP contribution in [0.3, 0.4) is 0 Å². The van der Waals surface area contributed by atoms with Crippen molar-refractivity contribution >= 4 is 11.9 Å². The van der Waals surface area contributed by atoms with Crippen molar-refractivity contribution in [3.05, 3.63) is 125 Å². The third-order valence-electron chi connectivity index (χ3n) is 11.3. The van der Waals surface area contributed by atoms with Gasteiger partial charge in [0.05, 0.1) is 11.1 Å². The van der Waals surface area contributed by atoms with Gasteiger partial charge in [-0.1, -0.05) is 62.4 Å². The summed E-state index contributed by atoms with van der Waals surface area (Å²) in [7, 11) is 0. The molecule has 3 aliphatic rings. The lowest BCUT2D eigenvalue weighted by Gasteiger charge is -2.61. The highest BCUT2D eigenvalue weighted by Gasteiger charge is 2.59. The highest BCUT2D eigenvalue weighted by atomic mass is 16.5. The third-order valence-corrected chi connectivity index (χ3v) is 11.3. The summed E-state index contributed by atoms with van der Waals surface area (Å²) in [6.07, 6.45) is 8.45. The molecule has 3 aliphatic carbocycles. The molecule has 1 spiro atoms. The molecular weight excluding hydrogens is 572 g/mol. The molecule has 0 bridgehead atoms. The number of rotatable bonds is 5. The van der Waals surface area contributed by atoms with Gasteiger partial charge in [-0.25, -0.2) is 9.59 Å². The Kier molecular flexibility index (Phi) is 7.96. The van der Waals surface area contributed by atoms with Gasteiger partial charge in [0, 0.05) is 17.0 Å². The topological polar surface area (TPSA) is 72.8 Å².